The summed E-state index contributed by atoms with van der Waals surface area (Å²) in [6, 6.07) is 0. The van der Waals surface area contributed by atoms with Crippen LogP contribution in [0.15, 0.2) is 4.47 Å². The molecular formula is C6HBrCl2FNO4S. The van der Waals surface area contributed by atoms with E-state index in [2.05, 4.69) is 24.4 Å². The molecule has 0 spiro atoms. The highest BCUT2D eigenvalue weighted by molar-refractivity contribution is 9.10. The molecule has 1 heterocycles. The van der Waals surface area contributed by atoms with E-state index >= 15 is 0 Å². The van der Waals surface area contributed by atoms with E-state index in [-0.39, 0.29) is 10.2 Å². The van der Waals surface area contributed by atoms with Gasteiger partial charge in [-0.3, -0.25) is 0 Å². The maximum absolute atomic E-state index is 13.4. The molecule has 0 saturated carbocycles. The van der Waals surface area contributed by atoms with Crippen molar-refractivity contribution in [2.45, 2.75) is 0 Å². The van der Waals surface area contributed by atoms with Gasteiger partial charge in [-0.15, -0.1) is 4.28 Å². The molecule has 0 amide bonds. The highest BCUT2D eigenvalue weighted by atomic mass is 79.9. The molecule has 2 bridgehead atoms. The average Bonchev–Trinajstić information content (AvgIpc) is 2.30. The van der Waals surface area contributed by atoms with Crippen LogP contribution in [0.1, 0.15) is 0 Å². The summed E-state index contributed by atoms with van der Waals surface area (Å²) in [5.74, 6) is -1.44. The van der Waals surface area contributed by atoms with E-state index in [4.69, 9.17) is 23.2 Å². The Labute approximate surface area is 108 Å². The zero-order chi connectivity index (χ0) is 12.1. The maximum Gasteiger partial charge on any atom is 0.470 e. The van der Waals surface area contributed by atoms with Crippen LogP contribution in [0.5, 0.6) is 5.75 Å². The van der Waals surface area contributed by atoms with Crippen LogP contribution in [0.25, 0.3) is 0 Å². The third-order valence-electron chi connectivity index (χ3n) is 1.65. The van der Waals surface area contributed by atoms with Crippen LogP contribution in [0.3, 0.4) is 0 Å². The van der Waals surface area contributed by atoms with Gasteiger partial charge in [0.15, 0.2) is 11.6 Å². The molecule has 88 valence electrons. The van der Waals surface area contributed by atoms with Gasteiger partial charge in [0, 0.05) is 0 Å². The zero-order valence-electron chi connectivity index (χ0n) is 7.05. The summed E-state index contributed by atoms with van der Waals surface area (Å²) < 4.78 is 44.2. The Morgan fingerprint density at radius 3 is 2.56 bits per heavy atom. The summed E-state index contributed by atoms with van der Waals surface area (Å²) in [4.78, 5) is 0. The van der Waals surface area contributed by atoms with Crippen molar-refractivity contribution in [1.82, 2.24) is 0 Å². The third-order valence-corrected chi connectivity index (χ3v) is 3.76. The van der Waals surface area contributed by atoms with Crippen molar-refractivity contribution in [1.29, 1.82) is 0 Å². The standard InChI is InChI=1S/C6HBrCl2FNO4S/c7-1-5-2(8)4(10)3(9)6(1)14-16(12,13)15-11-5/h11H. The molecule has 1 N–H and O–H groups in total. The second kappa shape index (κ2) is 3.88. The number of hydrogen-bond acceptors (Lipinski definition) is 5. The first-order valence-corrected chi connectivity index (χ1v) is 6.46. The molecule has 1 aliphatic heterocycles. The van der Waals surface area contributed by atoms with Gasteiger partial charge in [-0.2, -0.15) is 8.42 Å². The Morgan fingerprint density at radius 1 is 1.31 bits per heavy atom. The Bertz CT molecular complexity index is 579. The predicted octanol–water partition coefficient (Wildman–Crippen LogP) is 2.88. The monoisotopic (exact) mass is 351 g/mol. The number of nitrogens with one attached hydrogen (secondary N) is 1. The van der Waals surface area contributed by atoms with Gasteiger partial charge in [-0.1, -0.05) is 23.2 Å². The lowest BCUT2D eigenvalue weighted by Crippen LogP contribution is -2.14. The number of anilines is 1. The molecule has 0 atom stereocenters. The molecule has 16 heavy (non-hydrogen) atoms. The molecule has 10 heteroatoms. The van der Waals surface area contributed by atoms with Crippen LogP contribution in [0.2, 0.25) is 10.0 Å². The second-order valence-corrected chi connectivity index (χ2v) is 5.34. The fourth-order valence-corrected chi connectivity index (χ4v) is 3.02. The SMILES string of the molecule is O=S1(=O)ONc2c(Cl)c(F)c(Cl)c(c2Br)O1. The minimum atomic E-state index is -4.36. The van der Waals surface area contributed by atoms with Crippen molar-refractivity contribution in [3.63, 3.8) is 0 Å². The summed E-state index contributed by atoms with van der Waals surface area (Å²) in [5, 5.41) is -0.974. The molecule has 1 aliphatic rings. The smallest absolute Gasteiger partial charge is 0.357 e. The Hall–Kier alpha value is -0.280. The minimum Gasteiger partial charge on any atom is -0.357 e. The first-order chi connectivity index (χ1) is 7.33. The van der Waals surface area contributed by atoms with Gasteiger partial charge < -0.3 is 4.18 Å². The topological polar surface area (TPSA) is 64.6 Å². The van der Waals surface area contributed by atoms with Crippen molar-refractivity contribution in [3.8, 4) is 5.75 Å². The number of benzene rings is 1. The third kappa shape index (κ3) is 1.84. The van der Waals surface area contributed by atoms with Gasteiger partial charge in [0.2, 0.25) is 0 Å². The van der Waals surface area contributed by atoms with E-state index in [1.807, 2.05) is 5.48 Å². The molecule has 0 aromatic heterocycles. The first kappa shape index (κ1) is 12.2. The Kier molecular flexibility index (Phi) is 2.96. The number of rotatable bonds is 0. The van der Waals surface area contributed by atoms with E-state index in [9.17, 15) is 12.8 Å². The normalized spacial score (nSPS) is 17.2. The predicted molar refractivity (Wildman–Crippen MR) is 58.4 cm³/mol. The van der Waals surface area contributed by atoms with Gasteiger partial charge in [-0.05, 0) is 15.9 Å². The Morgan fingerprint density at radius 2 is 1.94 bits per heavy atom. The molecule has 1 aromatic carbocycles. The number of fused-ring (bicyclic) bond motifs is 2. The molecule has 0 aliphatic carbocycles. The molecule has 2 rings (SSSR count). The average molecular weight is 353 g/mol. The van der Waals surface area contributed by atoms with E-state index < -0.39 is 32.0 Å². The summed E-state index contributed by atoms with van der Waals surface area (Å²) in [5.41, 5.74) is 1.83. The summed E-state index contributed by atoms with van der Waals surface area (Å²) in [6.07, 6.45) is 0. The molecule has 0 saturated heterocycles. The van der Waals surface area contributed by atoms with Gasteiger partial charge >= 0.3 is 10.4 Å². The van der Waals surface area contributed by atoms with Gasteiger partial charge in [0.05, 0.1) is 4.47 Å². The summed E-state index contributed by atoms with van der Waals surface area (Å²) in [7, 11) is -4.36. The van der Waals surface area contributed by atoms with Crippen LogP contribution in [0.4, 0.5) is 10.1 Å². The molecule has 1 aromatic rings. The van der Waals surface area contributed by atoms with Crippen molar-refractivity contribution in [2.75, 3.05) is 5.48 Å². The molecule has 0 radical (unpaired) electrons. The van der Waals surface area contributed by atoms with Crippen molar-refractivity contribution < 1.29 is 21.3 Å². The molecule has 0 unspecified atom stereocenters. The maximum atomic E-state index is 13.4. The van der Waals surface area contributed by atoms with Crippen LogP contribution in [-0.4, -0.2) is 8.42 Å². The Balaban J connectivity index is 2.79. The molecule has 5 nitrogen and oxygen atoms in total. The van der Waals surface area contributed by atoms with Gasteiger partial charge in [0.25, 0.3) is 0 Å². The van der Waals surface area contributed by atoms with Gasteiger partial charge in [-0.25, -0.2) is 9.87 Å². The summed E-state index contributed by atoms with van der Waals surface area (Å²) >= 11 is 14.1. The van der Waals surface area contributed by atoms with Crippen LogP contribution in [-0.2, 0) is 14.7 Å². The van der Waals surface area contributed by atoms with Crippen LogP contribution >= 0.6 is 39.1 Å². The highest BCUT2D eigenvalue weighted by Crippen LogP contribution is 2.47. The quantitative estimate of drug-likeness (QED) is 0.574. The van der Waals surface area contributed by atoms with Crippen molar-refractivity contribution >= 4 is 55.2 Å². The van der Waals surface area contributed by atoms with E-state index in [1.165, 1.54) is 0 Å². The van der Waals surface area contributed by atoms with Crippen molar-refractivity contribution in [2.24, 2.45) is 0 Å². The minimum absolute atomic E-state index is 0.0463. The zero-order valence-corrected chi connectivity index (χ0v) is 11.0. The fourth-order valence-electron chi connectivity index (χ4n) is 0.987. The van der Waals surface area contributed by atoms with Gasteiger partial charge in [0.1, 0.15) is 15.7 Å². The largest absolute Gasteiger partial charge is 0.470 e. The lowest BCUT2D eigenvalue weighted by atomic mass is 10.3. The summed E-state index contributed by atoms with van der Waals surface area (Å²) in [6.45, 7) is 0. The van der Waals surface area contributed by atoms with Crippen LogP contribution < -0.4 is 9.66 Å². The molecular weight excluding hydrogens is 352 g/mol. The van der Waals surface area contributed by atoms with Crippen LogP contribution in [0, 0.1) is 5.82 Å². The molecule has 0 fully saturated rings. The first-order valence-electron chi connectivity index (χ1n) is 3.58. The van der Waals surface area contributed by atoms with E-state index in [1.54, 1.807) is 0 Å². The highest BCUT2D eigenvalue weighted by Gasteiger charge is 2.31. The van der Waals surface area contributed by atoms with E-state index in [0.29, 0.717) is 0 Å². The lowest BCUT2D eigenvalue weighted by molar-refractivity contribution is 0.331. The fraction of sp³-hybridized carbons (Fsp3) is 0. The number of halogens is 4. The lowest BCUT2D eigenvalue weighted by Gasteiger charge is -2.08. The second-order valence-electron chi connectivity index (χ2n) is 2.64. The van der Waals surface area contributed by atoms with Crippen molar-refractivity contribution in [3.05, 3.63) is 20.3 Å². The van der Waals surface area contributed by atoms with E-state index in [0.717, 1.165) is 0 Å². The number of hydrogen-bond donors (Lipinski definition) is 1.